The molecule has 0 bridgehead atoms. The summed E-state index contributed by atoms with van der Waals surface area (Å²) in [5.74, 6) is 1.28. The molecule has 4 heteroatoms. The second-order valence-corrected chi connectivity index (χ2v) is 3.91. The van der Waals surface area contributed by atoms with E-state index in [1.165, 1.54) is 0 Å². The monoisotopic (exact) mass is 229 g/mol. The number of nitrogens with two attached hydrogens (primary N) is 1. The van der Waals surface area contributed by atoms with Crippen LogP contribution in [0.15, 0.2) is 30.6 Å². The van der Waals surface area contributed by atoms with E-state index in [9.17, 15) is 0 Å². The van der Waals surface area contributed by atoms with Crippen molar-refractivity contribution in [2.75, 3.05) is 0 Å². The zero-order valence-electron chi connectivity index (χ0n) is 9.97. The van der Waals surface area contributed by atoms with E-state index in [1.54, 1.807) is 12.4 Å². The normalized spacial score (nSPS) is 10.3. The third-order valence-corrected chi connectivity index (χ3v) is 2.42. The van der Waals surface area contributed by atoms with Crippen LogP contribution in [0, 0.1) is 13.8 Å². The van der Waals surface area contributed by atoms with Crippen molar-refractivity contribution in [3.63, 3.8) is 0 Å². The van der Waals surface area contributed by atoms with Crippen LogP contribution >= 0.6 is 0 Å². The molecule has 0 spiro atoms. The van der Waals surface area contributed by atoms with Gasteiger partial charge in [0, 0.05) is 24.0 Å². The second kappa shape index (κ2) is 4.93. The van der Waals surface area contributed by atoms with E-state index in [4.69, 9.17) is 10.5 Å². The zero-order valence-corrected chi connectivity index (χ0v) is 9.97. The predicted molar refractivity (Wildman–Crippen MR) is 65.9 cm³/mol. The lowest BCUT2D eigenvalue weighted by atomic mass is 10.2. The van der Waals surface area contributed by atoms with Gasteiger partial charge in [0.15, 0.2) is 0 Å². The van der Waals surface area contributed by atoms with Gasteiger partial charge in [-0.15, -0.1) is 0 Å². The van der Waals surface area contributed by atoms with Crippen molar-refractivity contribution in [2.45, 2.75) is 20.4 Å². The molecule has 0 radical (unpaired) electrons. The quantitative estimate of drug-likeness (QED) is 0.877. The van der Waals surface area contributed by atoms with Crippen molar-refractivity contribution < 1.29 is 4.74 Å². The first kappa shape index (κ1) is 11.5. The molecule has 0 saturated carbocycles. The average molecular weight is 229 g/mol. The Kier molecular flexibility index (Phi) is 3.35. The van der Waals surface area contributed by atoms with Gasteiger partial charge in [-0.25, -0.2) is 4.98 Å². The van der Waals surface area contributed by atoms with Crippen LogP contribution in [0.4, 0.5) is 0 Å². The molecule has 0 aromatic carbocycles. The van der Waals surface area contributed by atoms with Crippen molar-refractivity contribution in [2.24, 2.45) is 5.73 Å². The van der Waals surface area contributed by atoms with Gasteiger partial charge >= 0.3 is 0 Å². The summed E-state index contributed by atoms with van der Waals surface area (Å²) in [4.78, 5) is 8.40. The van der Waals surface area contributed by atoms with Gasteiger partial charge in [-0.1, -0.05) is 0 Å². The molecule has 0 aliphatic rings. The second-order valence-electron chi connectivity index (χ2n) is 3.91. The molecule has 0 amide bonds. The highest BCUT2D eigenvalue weighted by Gasteiger charge is 2.04. The van der Waals surface area contributed by atoms with E-state index < -0.39 is 0 Å². The molecule has 17 heavy (non-hydrogen) atoms. The fourth-order valence-electron chi connectivity index (χ4n) is 1.47. The molecule has 2 aromatic heterocycles. The molecular formula is C13H15N3O. The third-order valence-electron chi connectivity index (χ3n) is 2.42. The number of ether oxygens (including phenoxy) is 1. The molecule has 0 aliphatic carbocycles. The van der Waals surface area contributed by atoms with Gasteiger partial charge in [0.05, 0.1) is 6.20 Å². The summed E-state index contributed by atoms with van der Waals surface area (Å²) in [6.45, 7) is 4.37. The number of hydrogen-bond acceptors (Lipinski definition) is 4. The Bertz CT molecular complexity index is 509. The largest absolute Gasteiger partial charge is 0.437 e. The van der Waals surface area contributed by atoms with E-state index in [1.807, 2.05) is 32.0 Å². The minimum Gasteiger partial charge on any atom is -0.437 e. The minimum absolute atomic E-state index is 0.486. The summed E-state index contributed by atoms with van der Waals surface area (Å²) in [7, 11) is 0. The molecule has 4 nitrogen and oxygen atoms in total. The fraction of sp³-hybridized carbons (Fsp3) is 0.231. The Balaban J connectivity index is 2.21. The van der Waals surface area contributed by atoms with Crippen molar-refractivity contribution in [3.8, 4) is 11.6 Å². The van der Waals surface area contributed by atoms with Crippen LogP contribution in [-0.4, -0.2) is 9.97 Å². The highest BCUT2D eigenvalue weighted by molar-refractivity contribution is 5.32. The van der Waals surface area contributed by atoms with E-state index in [2.05, 4.69) is 9.97 Å². The first-order chi connectivity index (χ1) is 8.19. The van der Waals surface area contributed by atoms with Gasteiger partial charge in [-0.05, 0) is 37.6 Å². The Morgan fingerprint density at radius 3 is 2.59 bits per heavy atom. The van der Waals surface area contributed by atoms with Crippen molar-refractivity contribution >= 4 is 0 Å². The highest BCUT2D eigenvalue weighted by atomic mass is 16.5. The van der Waals surface area contributed by atoms with E-state index in [-0.39, 0.29) is 0 Å². The number of aromatic nitrogens is 2. The van der Waals surface area contributed by atoms with E-state index in [0.717, 1.165) is 16.8 Å². The molecule has 2 heterocycles. The molecule has 0 saturated heterocycles. The van der Waals surface area contributed by atoms with Crippen LogP contribution in [0.5, 0.6) is 11.6 Å². The van der Waals surface area contributed by atoms with Crippen molar-refractivity contribution in [1.82, 2.24) is 9.97 Å². The van der Waals surface area contributed by atoms with Gasteiger partial charge in [-0.2, -0.15) is 0 Å². The lowest BCUT2D eigenvalue weighted by Crippen LogP contribution is -1.99. The molecular weight excluding hydrogens is 214 g/mol. The third kappa shape index (κ3) is 2.79. The first-order valence-corrected chi connectivity index (χ1v) is 5.45. The summed E-state index contributed by atoms with van der Waals surface area (Å²) in [5, 5.41) is 0. The number of aryl methyl sites for hydroxylation is 2. The summed E-state index contributed by atoms with van der Waals surface area (Å²) in [5.41, 5.74) is 8.47. The highest BCUT2D eigenvalue weighted by Crippen LogP contribution is 2.22. The van der Waals surface area contributed by atoms with Gasteiger partial charge in [0.1, 0.15) is 5.75 Å². The van der Waals surface area contributed by atoms with Crippen LogP contribution in [0.25, 0.3) is 0 Å². The number of hydrogen-bond donors (Lipinski definition) is 1. The zero-order chi connectivity index (χ0) is 12.3. The van der Waals surface area contributed by atoms with Crippen LogP contribution in [-0.2, 0) is 6.54 Å². The average Bonchev–Trinajstić information content (AvgIpc) is 2.34. The lowest BCUT2D eigenvalue weighted by Gasteiger charge is -2.08. The Morgan fingerprint density at radius 1 is 1.18 bits per heavy atom. The summed E-state index contributed by atoms with van der Waals surface area (Å²) >= 11 is 0. The number of nitrogens with zero attached hydrogens (tertiary/aromatic N) is 2. The van der Waals surface area contributed by atoms with Crippen LogP contribution in [0.2, 0.25) is 0 Å². The Morgan fingerprint density at radius 2 is 2.00 bits per heavy atom. The summed E-state index contributed by atoms with van der Waals surface area (Å²) in [6.07, 6.45) is 3.41. The standard InChI is InChI=1S/C13H15N3O/c1-9-5-11(6-14)7-16-13(9)17-12-4-3-10(2)15-8-12/h3-5,7-8H,6,14H2,1-2H3. The molecule has 0 atom stereocenters. The molecule has 2 rings (SSSR count). The number of rotatable bonds is 3. The predicted octanol–water partition coefficient (Wildman–Crippen LogP) is 2.34. The molecule has 0 fully saturated rings. The molecule has 2 N–H and O–H groups in total. The van der Waals surface area contributed by atoms with Gasteiger partial charge in [-0.3, -0.25) is 4.98 Å². The molecule has 0 aliphatic heterocycles. The lowest BCUT2D eigenvalue weighted by molar-refractivity contribution is 0.456. The maximum absolute atomic E-state index is 5.65. The smallest absolute Gasteiger partial charge is 0.222 e. The Hall–Kier alpha value is -1.94. The van der Waals surface area contributed by atoms with Gasteiger partial charge < -0.3 is 10.5 Å². The van der Waals surface area contributed by atoms with Crippen LogP contribution < -0.4 is 10.5 Å². The van der Waals surface area contributed by atoms with Crippen molar-refractivity contribution in [1.29, 1.82) is 0 Å². The van der Waals surface area contributed by atoms with E-state index in [0.29, 0.717) is 18.2 Å². The maximum atomic E-state index is 5.65. The SMILES string of the molecule is Cc1ccc(Oc2ncc(CN)cc2C)cn1. The molecule has 0 unspecified atom stereocenters. The van der Waals surface area contributed by atoms with Gasteiger partial charge in [0.25, 0.3) is 0 Å². The first-order valence-electron chi connectivity index (χ1n) is 5.45. The van der Waals surface area contributed by atoms with E-state index >= 15 is 0 Å². The Labute approximate surface area is 100 Å². The minimum atomic E-state index is 0.486. The summed E-state index contributed by atoms with van der Waals surface area (Å²) in [6, 6.07) is 5.75. The van der Waals surface area contributed by atoms with Crippen LogP contribution in [0.1, 0.15) is 16.8 Å². The summed E-state index contributed by atoms with van der Waals surface area (Å²) < 4.78 is 5.65. The van der Waals surface area contributed by atoms with Crippen LogP contribution in [0.3, 0.4) is 0 Å². The van der Waals surface area contributed by atoms with Crippen molar-refractivity contribution in [3.05, 3.63) is 47.4 Å². The number of pyridine rings is 2. The fourth-order valence-corrected chi connectivity index (χ4v) is 1.47. The topological polar surface area (TPSA) is 61.0 Å². The molecule has 88 valence electrons. The van der Waals surface area contributed by atoms with Gasteiger partial charge in [0.2, 0.25) is 5.88 Å². The maximum Gasteiger partial charge on any atom is 0.222 e. The molecule has 2 aromatic rings.